The number of oxazole rings is 1. The number of carbonyl (C=O) groups excluding carboxylic acids is 1. The van der Waals surface area contributed by atoms with E-state index >= 15 is 0 Å². The van der Waals surface area contributed by atoms with E-state index in [9.17, 15) is 18.0 Å². The molecular weight excluding hydrogens is 594 g/mol. The third kappa shape index (κ3) is 7.20. The maximum atomic E-state index is 13.6. The molecule has 4 aromatic rings. The van der Waals surface area contributed by atoms with Crippen LogP contribution in [0.2, 0.25) is 10.0 Å². The number of nitrogens with one attached hydrogen (secondary N) is 1. The molecule has 1 unspecified atom stereocenters. The number of amides is 1. The van der Waals surface area contributed by atoms with Gasteiger partial charge in [-0.2, -0.15) is 13.2 Å². The number of hydrogen-bond acceptors (Lipinski definition) is 5. The van der Waals surface area contributed by atoms with Crippen LogP contribution in [0.15, 0.2) is 82.3 Å². The number of rotatable bonds is 10. The van der Waals surface area contributed by atoms with E-state index in [1.165, 1.54) is 10.4 Å². The first-order valence-electron chi connectivity index (χ1n) is 13.0. The normalized spacial score (nSPS) is 14.1. The number of halogens is 5. The molecule has 11 heteroatoms. The van der Waals surface area contributed by atoms with E-state index in [4.69, 9.17) is 27.6 Å². The molecule has 0 spiro atoms. The average molecular weight is 621 g/mol. The van der Waals surface area contributed by atoms with E-state index in [0.29, 0.717) is 28.1 Å². The van der Waals surface area contributed by atoms with E-state index in [2.05, 4.69) is 10.3 Å². The Morgan fingerprint density at radius 3 is 2.56 bits per heavy atom. The zero-order chi connectivity index (χ0) is 29.1. The van der Waals surface area contributed by atoms with Crippen LogP contribution >= 0.6 is 35.1 Å². The van der Waals surface area contributed by atoms with Gasteiger partial charge in [-0.15, -0.1) is 0 Å². The van der Waals surface area contributed by atoms with Crippen molar-refractivity contribution in [3.8, 4) is 11.5 Å². The summed E-state index contributed by atoms with van der Waals surface area (Å²) in [5.41, 5.74) is 1.80. The van der Waals surface area contributed by atoms with Crippen molar-refractivity contribution in [2.45, 2.75) is 55.8 Å². The molecule has 0 radical (unpaired) electrons. The lowest BCUT2D eigenvalue weighted by molar-refractivity contribution is -0.137. The van der Waals surface area contributed by atoms with Gasteiger partial charge in [0.2, 0.25) is 11.8 Å². The molecule has 0 bridgehead atoms. The second-order valence-corrected chi connectivity index (χ2v) is 11.6. The third-order valence-electron chi connectivity index (χ3n) is 6.66. The highest BCUT2D eigenvalue weighted by atomic mass is 35.5. The molecule has 1 fully saturated rings. The summed E-state index contributed by atoms with van der Waals surface area (Å²) >= 11 is 13.6. The number of hydrogen-bond donors (Lipinski definition) is 1. The van der Waals surface area contributed by atoms with Crippen LogP contribution in [0.5, 0.6) is 0 Å². The van der Waals surface area contributed by atoms with Crippen molar-refractivity contribution < 1.29 is 22.4 Å². The van der Waals surface area contributed by atoms with Gasteiger partial charge in [0.15, 0.2) is 0 Å². The van der Waals surface area contributed by atoms with Crippen LogP contribution in [0, 0.1) is 0 Å². The summed E-state index contributed by atoms with van der Waals surface area (Å²) in [4.78, 5) is 18.8. The topological polar surface area (TPSA) is 58.4 Å². The predicted octanol–water partition coefficient (Wildman–Crippen LogP) is 9.15. The van der Waals surface area contributed by atoms with E-state index in [0.717, 1.165) is 53.7 Å². The van der Waals surface area contributed by atoms with Crippen LogP contribution in [0.4, 0.5) is 18.9 Å². The molecule has 0 aliphatic heterocycles. The van der Waals surface area contributed by atoms with E-state index in [-0.39, 0.29) is 23.2 Å². The van der Waals surface area contributed by atoms with Crippen LogP contribution in [0.3, 0.4) is 0 Å². The molecular formula is C30H26Cl2F3N3O2S. The maximum absolute atomic E-state index is 13.6. The quantitative estimate of drug-likeness (QED) is 0.179. The number of alkyl halides is 3. The van der Waals surface area contributed by atoms with Crippen molar-refractivity contribution in [3.05, 3.63) is 99.9 Å². The Bertz CT molecular complexity index is 1520. The molecule has 1 aromatic heterocycles. The Kier molecular flexibility index (Phi) is 8.87. The fraction of sp³-hybridized carbons (Fsp3) is 0.267. The summed E-state index contributed by atoms with van der Waals surface area (Å²) in [6.07, 6.45) is -0.336. The number of anilines is 1. The predicted molar refractivity (Wildman–Crippen MR) is 156 cm³/mol. The van der Waals surface area contributed by atoms with Gasteiger partial charge < -0.3 is 9.73 Å². The molecule has 1 aliphatic rings. The molecule has 1 amide bonds. The Hall–Kier alpha value is -3.14. The zero-order valence-electron chi connectivity index (χ0n) is 21.9. The fourth-order valence-electron chi connectivity index (χ4n) is 4.31. The van der Waals surface area contributed by atoms with Gasteiger partial charge in [0.05, 0.1) is 22.0 Å². The van der Waals surface area contributed by atoms with Gasteiger partial charge in [0, 0.05) is 27.9 Å². The van der Waals surface area contributed by atoms with Gasteiger partial charge in [-0.1, -0.05) is 42.3 Å². The SMILES string of the molecule is CCC(C(=O)NCc1cccc(-c2nc(C3CC3)co2)c1)N(Sc1ccc(Cl)cc1)c1cc(C(F)(F)F)ccc1Cl. The van der Waals surface area contributed by atoms with Gasteiger partial charge in [0.25, 0.3) is 0 Å². The average Bonchev–Trinajstić information content (AvgIpc) is 3.68. The lowest BCUT2D eigenvalue weighted by Crippen LogP contribution is -2.43. The highest BCUT2D eigenvalue weighted by Crippen LogP contribution is 2.42. The highest BCUT2D eigenvalue weighted by Gasteiger charge is 2.34. The number of aromatic nitrogens is 1. The summed E-state index contributed by atoms with van der Waals surface area (Å²) in [5, 5.41) is 3.55. The molecule has 1 aliphatic carbocycles. The molecule has 214 valence electrons. The second kappa shape index (κ2) is 12.4. The van der Waals surface area contributed by atoms with Crippen molar-refractivity contribution in [2.24, 2.45) is 0 Å². The maximum Gasteiger partial charge on any atom is 0.416 e. The monoisotopic (exact) mass is 619 g/mol. The summed E-state index contributed by atoms with van der Waals surface area (Å²) in [7, 11) is 0. The lowest BCUT2D eigenvalue weighted by atomic mass is 10.1. The van der Waals surface area contributed by atoms with Gasteiger partial charge >= 0.3 is 6.18 Å². The van der Waals surface area contributed by atoms with E-state index in [1.54, 1.807) is 37.5 Å². The van der Waals surface area contributed by atoms with Crippen LogP contribution < -0.4 is 9.62 Å². The van der Waals surface area contributed by atoms with Crippen LogP contribution in [-0.2, 0) is 17.5 Å². The molecule has 1 saturated carbocycles. The summed E-state index contributed by atoms with van der Waals surface area (Å²) in [5.74, 6) is 0.635. The smallest absolute Gasteiger partial charge is 0.416 e. The second-order valence-electron chi connectivity index (χ2n) is 9.73. The third-order valence-corrected chi connectivity index (χ3v) is 8.36. The van der Waals surface area contributed by atoms with E-state index < -0.39 is 17.8 Å². The molecule has 1 heterocycles. The Balaban J connectivity index is 1.38. The standard InChI is InChI=1S/C30H26Cl2F3N3O2S/c1-2-26(28(39)36-16-18-4-3-5-20(14-18)29-37-25(17-40-29)19-6-7-19)38(41-23-11-9-22(31)10-12-23)27-15-21(30(33,34)35)8-13-24(27)32/h3-5,8-15,17,19,26H,2,6-7,16H2,1H3,(H,36,39). The number of benzene rings is 3. The Morgan fingerprint density at radius 1 is 1.12 bits per heavy atom. The first-order chi connectivity index (χ1) is 19.6. The summed E-state index contributed by atoms with van der Waals surface area (Å²) < 4.78 is 48.0. The lowest BCUT2D eigenvalue weighted by Gasteiger charge is -2.32. The van der Waals surface area contributed by atoms with Gasteiger partial charge in [-0.3, -0.25) is 9.10 Å². The molecule has 3 aromatic carbocycles. The molecule has 1 atom stereocenters. The van der Waals surface area contributed by atoms with Crippen LogP contribution in [0.25, 0.3) is 11.5 Å². The minimum absolute atomic E-state index is 0.0841. The molecule has 5 rings (SSSR count). The van der Waals surface area contributed by atoms with Gasteiger partial charge in [0.1, 0.15) is 12.3 Å². The number of nitrogens with zero attached hydrogens (tertiary/aromatic N) is 2. The zero-order valence-corrected chi connectivity index (χ0v) is 24.2. The van der Waals surface area contributed by atoms with Gasteiger partial charge in [-0.05, 0) is 91.4 Å². The van der Waals surface area contributed by atoms with Crippen molar-refractivity contribution in [1.29, 1.82) is 0 Å². The Morgan fingerprint density at radius 2 is 1.88 bits per heavy atom. The molecule has 5 nitrogen and oxygen atoms in total. The largest absolute Gasteiger partial charge is 0.444 e. The molecule has 1 N–H and O–H groups in total. The number of carbonyl (C=O) groups is 1. The van der Waals surface area contributed by atoms with Crippen LogP contribution in [0.1, 0.15) is 48.9 Å². The summed E-state index contributed by atoms with van der Waals surface area (Å²) in [6, 6.07) is 16.6. The van der Waals surface area contributed by atoms with Gasteiger partial charge in [-0.25, -0.2) is 4.98 Å². The summed E-state index contributed by atoms with van der Waals surface area (Å²) in [6.45, 7) is 2.00. The Labute approximate surface area is 250 Å². The van der Waals surface area contributed by atoms with Crippen molar-refractivity contribution in [2.75, 3.05) is 4.31 Å². The van der Waals surface area contributed by atoms with Crippen molar-refractivity contribution in [3.63, 3.8) is 0 Å². The first kappa shape index (κ1) is 29.4. The highest BCUT2D eigenvalue weighted by molar-refractivity contribution is 8.00. The minimum Gasteiger partial charge on any atom is -0.444 e. The van der Waals surface area contributed by atoms with Crippen molar-refractivity contribution >= 4 is 46.7 Å². The van der Waals surface area contributed by atoms with Crippen LogP contribution in [-0.4, -0.2) is 16.9 Å². The first-order valence-corrected chi connectivity index (χ1v) is 14.6. The fourth-order valence-corrected chi connectivity index (χ4v) is 5.80. The minimum atomic E-state index is -4.58. The van der Waals surface area contributed by atoms with Crippen molar-refractivity contribution in [1.82, 2.24) is 10.3 Å². The molecule has 0 saturated heterocycles. The molecule has 41 heavy (non-hydrogen) atoms. The van der Waals surface area contributed by atoms with E-state index in [1.807, 2.05) is 24.3 Å².